The van der Waals surface area contributed by atoms with Crippen LogP contribution in [0.2, 0.25) is 0 Å². The van der Waals surface area contributed by atoms with Crippen molar-refractivity contribution in [1.29, 1.82) is 0 Å². The number of benzene rings is 1. The number of carbonyl (C=O) groups is 1. The molecule has 0 aliphatic carbocycles. The number of ether oxygens (including phenoxy) is 3. The summed E-state index contributed by atoms with van der Waals surface area (Å²) in [7, 11) is 3.15. The fraction of sp³-hybridized carbons (Fsp3) is 0.444. The Labute approximate surface area is 153 Å². The summed E-state index contributed by atoms with van der Waals surface area (Å²) in [6, 6.07) is 3.30. The summed E-state index contributed by atoms with van der Waals surface area (Å²) in [6.45, 7) is 5.96. The first-order valence-electron chi connectivity index (χ1n) is 8.10. The lowest BCUT2D eigenvalue weighted by Crippen LogP contribution is -2.44. The van der Waals surface area contributed by atoms with Gasteiger partial charge in [0.25, 0.3) is 0 Å². The third-order valence-electron chi connectivity index (χ3n) is 3.92. The average molecular weight is 364 g/mol. The van der Waals surface area contributed by atoms with Gasteiger partial charge in [0.15, 0.2) is 22.4 Å². The minimum atomic E-state index is -0.380. The van der Waals surface area contributed by atoms with Crippen LogP contribution < -0.4 is 24.8 Å². The van der Waals surface area contributed by atoms with E-state index >= 15 is 0 Å². The van der Waals surface area contributed by atoms with Crippen LogP contribution >= 0.6 is 12.2 Å². The molecule has 136 valence electrons. The topological polar surface area (TPSA) is 68.8 Å². The molecule has 0 bridgehead atoms. The Morgan fingerprint density at radius 3 is 2.32 bits per heavy atom. The van der Waals surface area contributed by atoms with Crippen LogP contribution in [0, 0.1) is 0 Å². The number of Topliss-reactive ketones (excluding diaryl/α,β-unsaturated/α-hetero) is 1. The van der Waals surface area contributed by atoms with Crippen molar-refractivity contribution >= 4 is 23.1 Å². The van der Waals surface area contributed by atoms with E-state index in [4.69, 9.17) is 26.4 Å². The molecule has 1 heterocycles. The van der Waals surface area contributed by atoms with Crippen molar-refractivity contribution in [1.82, 2.24) is 10.6 Å². The zero-order chi connectivity index (χ0) is 18.6. The summed E-state index contributed by atoms with van der Waals surface area (Å²) in [4.78, 5) is 12.1. The first-order chi connectivity index (χ1) is 11.9. The summed E-state index contributed by atoms with van der Waals surface area (Å²) in [5.74, 6) is 1.62. The van der Waals surface area contributed by atoms with E-state index in [0.29, 0.717) is 34.5 Å². The van der Waals surface area contributed by atoms with E-state index < -0.39 is 0 Å². The third-order valence-corrected chi connectivity index (χ3v) is 4.14. The van der Waals surface area contributed by atoms with E-state index in [1.165, 1.54) is 6.92 Å². The zero-order valence-corrected chi connectivity index (χ0v) is 16.0. The lowest BCUT2D eigenvalue weighted by Gasteiger charge is -2.30. The van der Waals surface area contributed by atoms with Gasteiger partial charge in [0.05, 0.1) is 26.9 Å². The van der Waals surface area contributed by atoms with Crippen LogP contribution in [0.4, 0.5) is 0 Å². The molecule has 1 atom stereocenters. The average Bonchev–Trinajstić information content (AvgIpc) is 2.57. The van der Waals surface area contributed by atoms with Gasteiger partial charge in [0.1, 0.15) is 0 Å². The number of hydrogen-bond acceptors (Lipinski definition) is 5. The van der Waals surface area contributed by atoms with Crippen molar-refractivity contribution in [2.75, 3.05) is 20.8 Å². The summed E-state index contributed by atoms with van der Waals surface area (Å²) in [5, 5.41) is 6.62. The molecule has 1 aliphatic rings. The number of allylic oxidation sites excluding steroid dienone is 1. The molecule has 1 aromatic rings. The highest BCUT2D eigenvalue weighted by Crippen LogP contribution is 2.41. The number of nitrogens with one attached hydrogen (secondary N) is 2. The largest absolute Gasteiger partial charge is 0.493 e. The molecule has 1 aliphatic heterocycles. The lowest BCUT2D eigenvalue weighted by atomic mass is 9.92. The van der Waals surface area contributed by atoms with E-state index in [9.17, 15) is 4.79 Å². The van der Waals surface area contributed by atoms with E-state index in [1.54, 1.807) is 14.2 Å². The molecular weight excluding hydrogens is 340 g/mol. The summed E-state index contributed by atoms with van der Waals surface area (Å²) >= 11 is 5.25. The quantitative estimate of drug-likeness (QED) is 0.721. The highest BCUT2D eigenvalue weighted by Gasteiger charge is 2.29. The maximum Gasteiger partial charge on any atom is 0.203 e. The molecule has 0 saturated heterocycles. The molecule has 2 rings (SSSR count). The van der Waals surface area contributed by atoms with Crippen molar-refractivity contribution in [3.63, 3.8) is 0 Å². The second-order valence-electron chi connectivity index (χ2n) is 5.73. The fourth-order valence-corrected chi connectivity index (χ4v) is 3.09. The van der Waals surface area contributed by atoms with Gasteiger partial charge in [0, 0.05) is 11.3 Å². The monoisotopic (exact) mass is 364 g/mol. The SMILES string of the molecule is CCCOc1c(OC)cc(C2NC(=S)NC(C)=C2C(C)=O)cc1OC. The minimum absolute atomic E-state index is 0.0331. The van der Waals surface area contributed by atoms with Gasteiger partial charge in [-0.15, -0.1) is 0 Å². The third kappa shape index (κ3) is 4.04. The smallest absolute Gasteiger partial charge is 0.203 e. The maximum absolute atomic E-state index is 12.1. The Kier molecular flexibility index (Phi) is 6.25. The van der Waals surface area contributed by atoms with Gasteiger partial charge in [-0.25, -0.2) is 0 Å². The van der Waals surface area contributed by atoms with Crippen molar-refractivity contribution in [3.05, 3.63) is 29.0 Å². The van der Waals surface area contributed by atoms with Crippen molar-refractivity contribution < 1.29 is 19.0 Å². The van der Waals surface area contributed by atoms with Gasteiger partial charge in [-0.05, 0) is 50.2 Å². The van der Waals surface area contributed by atoms with Crippen molar-refractivity contribution in [2.24, 2.45) is 0 Å². The summed E-state index contributed by atoms with van der Waals surface area (Å²) in [6.07, 6.45) is 0.870. The van der Waals surface area contributed by atoms with E-state index in [-0.39, 0.29) is 11.8 Å². The molecule has 0 fully saturated rings. The molecule has 0 spiro atoms. The molecular formula is C18H24N2O4S. The predicted octanol–water partition coefficient (Wildman–Crippen LogP) is 2.87. The van der Waals surface area contributed by atoms with Gasteiger partial charge >= 0.3 is 0 Å². The van der Waals surface area contributed by atoms with Crippen LogP contribution in [0.25, 0.3) is 0 Å². The number of thiocarbonyl (C=S) groups is 1. The van der Waals surface area contributed by atoms with Gasteiger partial charge in [0.2, 0.25) is 5.75 Å². The van der Waals surface area contributed by atoms with Crippen LogP contribution in [-0.4, -0.2) is 31.7 Å². The Hall–Kier alpha value is -2.28. The number of methoxy groups -OCH3 is 2. The van der Waals surface area contributed by atoms with Gasteiger partial charge in [-0.3, -0.25) is 4.79 Å². The Morgan fingerprint density at radius 2 is 1.84 bits per heavy atom. The van der Waals surface area contributed by atoms with E-state index in [1.807, 2.05) is 26.0 Å². The second-order valence-corrected chi connectivity index (χ2v) is 6.14. The van der Waals surface area contributed by atoms with Crippen LogP contribution in [-0.2, 0) is 4.79 Å². The van der Waals surface area contributed by atoms with Crippen LogP contribution in [0.1, 0.15) is 38.8 Å². The highest BCUT2D eigenvalue weighted by molar-refractivity contribution is 7.80. The predicted molar refractivity (Wildman–Crippen MR) is 100 cm³/mol. The fourth-order valence-electron chi connectivity index (χ4n) is 2.82. The van der Waals surface area contributed by atoms with Crippen LogP contribution in [0.15, 0.2) is 23.4 Å². The Bertz CT molecular complexity index is 690. The first kappa shape index (κ1) is 19.1. The molecule has 0 aromatic heterocycles. The molecule has 1 unspecified atom stereocenters. The number of carbonyl (C=O) groups excluding carboxylic acids is 1. The summed E-state index contributed by atoms with van der Waals surface area (Å²) in [5.41, 5.74) is 2.18. The standard InChI is InChI=1S/C18H24N2O4S/c1-6-7-24-17-13(22-4)8-12(9-14(17)23-5)16-15(11(3)21)10(2)19-18(25)20-16/h8-9,16H,6-7H2,1-5H3,(H2,19,20,25). The normalized spacial score (nSPS) is 16.8. The number of rotatable bonds is 7. The zero-order valence-electron chi connectivity index (χ0n) is 15.2. The Morgan fingerprint density at radius 1 is 1.24 bits per heavy atom. The molecule has 6 nitrogen and oxygen atoms in total. The summed E-state index contributed by atoms with van der Waals surface area (Å²) < 4.78 is 16.7. The Balaban J connectivity index is 2.56. The maximum atomic E-state index is 12.1. The van der Waals surface area contributed by atoms with Gasteiger partial charge < -0.3 is 24.8 Å². The van der Waals surface area contributed by atoms with Crippen LogP contribution in [0.3, 0.4) is 0 Å². The molecule has 2 N–H and O–H groups in total. The molecule has 0 saturated carbocycles. The molecule has 1 aromatic carbocycles. The molecule has 0 amide bonds. The van der Waals surface area contributed by atoms with Crippen molar-refractivity contribution in [2.45, 2.75) is 33.2 Å². The van der Waals surface area contributed by atoms with Gasteiger partial charge in [-0.2, -0.15) is 0 Å². The second kappa shape index (κ2) is 8.20. The van der Waals surface area contributed by atoms with Crippen LogP contribution in [0.5, 0.6) is 17.2 Å². The van der Waals surface area contributed by atoms with E-state index in [2.05, 4.69) is 10.6 Å². The van der Waals surface area contributed by atoms with E-state index in [0.717, 1.165) is 17.7 Å². The first-order valence-corrected chi connectivity index (χ1v) is 8.51. The molecule has 25 heavy (non-hydrogen) atoms. The number of ketones is 1. The van der Waals surface area contributed by atoms with Crippen molar-refractivity contribution in [3.8, 4) is 17.2 Å². The molecule has 0 radical (unpaired) electrons. The minimum Gasteiger partial charge on any atom is -0.493 e. The highest BCUT2D eigenvalue weighted by atomic mass is 32.1. The molecule has 7 heteroatoms. The number of hydrogen-bond donors (Lipinski definition) is 2. The lowest BCUT2D eigenvalue weighted by molar-refractivity contribution is -0.114. The van der Waals surface area contributed by atoms with Gasteiger partial charge in [-0.1, -0.05) is 6.92 Å².